The van der Waals surface area contributed by atoms with Gasteiger partial charge in [-0.3, -0.25) is 0 Å². The molecule has 0 radical (unpaired) electrons. The highest BCUT2D eigenvalue weighted by Crippen LogP contribution is 2.36. The van der Waals surface area contributed by atoms with Crippen LogP contribution in [0.25, 0.3) is 0 Å². The van der Waals surface area contributed by atoms with E-state index in [2.05, 4.69) is 13.8 Å². The second-order valence-corrected chi connectivity index (χ2v) is 3.47. The first-order chi connectivity index (χ1) is 5.29. The fourth-order valence-corrected chi connectivity index (χ4v) is 1.88. The van der Waals surface area contributed by atoms with Crippen LogP contribution in [0.5, 0.6) is 0 Å². The minimum atomic E-state index is 0.902. The van der Waals surface area contributed by atoms with Crippen molar-refractivity contribution in [3.05, 3.63) is 22.5 Å². The summed E-state index contributed by atoms with van der Waals surface area (Å²) in [5.41, 5.74) is 4.49. The van der Waals surface area contributed by atoms with Crippen LogP contribution in [0, 0.1) is 0 Å². The van der Waals surface area contributed by atoms with E-state index in [4.69, 9.17) is 4.74 Å². The molecule has 1 fully saturated rings. The van der Waals surface area contributed by atoms with Crippen molar-refractivity contribution in [2.75, 3.05) is 6.61 Å². The molecule has 0 N–H and O–H groups in total. The van der Waals surface area contributed by atoms with Gasteiger partial charge in [0.1, 0.15) is 5.76 Å². The first kappa shape index (κ1) is 6.96. The van der Waals surface area contributed by atoms with Crippen molar-refractivity contribution in [1.29, 1.82) is 0 Å². The number of rotatable bonds is 0. The predicted octanol–water partition coefficient (Wildman–Crippen LogP) is 2.79. The minimum absolute atomic E-state index is 0.902. The normalized spacial score (nSPS) is 23.8. The van der Waals surface area contributed by atoms with Crippen molar-refractivity contribution in [2.24, 2.45) is 0 Å². The van der Waals surface area contributed by atoms with Gasteiger partial charge in [0.25, 0.3) is 0 Å². The third-order valence-corrected chi connectivity index (χ3v) is 2.65. The maximum Gasteiger partial charge on any atom is 0.121 e. The van der Waals surface area contributed by atoms with Gasteiger partial charge in [0, 0.05) is 6.42 Å². The van der Waals surface area contributed by atoms with Crippen LogP contribution < -0.4 is 0 Å². The van der Waals surface area contributed by atoms with Crippen LogP contribution >= 0.6 is 0 Å². The summed E-state index contributed by atoms with van der Waals surface area (Å²) in [5, 5.41) is 0. The molecule has 0 aromatic carbocycles. The summed E-state index contributed by atoms with van der Waals surface area (Å²) in [7, 11) is 0. The Labute approximate surface area is 67.7 Å². The zero-order valence-electron chi connectivity index (χ0n) is 7.24. The van der Waals surface area contributed by atoms with E-state index in [0.717, 1.165) is 13.0 Å². The van der Waals surface area contributed by atoms with E-state index in [1.54, 1.807) is 5.57 Å². The van der Waals surface area contributed by atoms with E-state index < -0.39 is 0 Å². The lowest BCUT2D eigenvalue weighted by atomic mass is 9.92. The van der Waals surface area contributed by atoms with Crippen LogP contribution in [0.15, 0.2) is 22.5 Å². The van der Waals surface area contributed by atoms with Gasteiger partial charge in [-0.25, -0.2) is 0 Å². The molecule has 0 saturated carbocycles. The van der Waals surface area contributed by atoms with Crippen molar-refractivity contribution >= 4 is 0 Å². The highest BCUT2D eigenvalue weighted by molar-refractivity contribution is 5.39. The maximum absolute atomic E-state index is 5.56. The van der Waals surface area contributed by atoms with Gasteiger partial charge >= 0.3 is 0 Å². The summed E-state index contributed by atoms with van der Waals surface area (Å²) in [6.45, 7) is 5.32. The molecule has 0 atom stereocenters. The highest BCUT2D eigenvalue weighted by Gasteiger charge is 2.22. The Morgan fingerprint density at radius 3 is 2.45 bits per heavy atom. The molecule has 0 amide bonds. The van der Waals surface area contributed by atoms with Crippen molar-refractivity contribution in [2.45, 2.75) is 33.1 Å². The van der Waals surface area contributed by atoms with E-state index in [9.17, 15) is 0 Å². The molecular formula is C10H14O. The molecular weight excluding hydrogens is 136 g/mol. The van der Waals surface area contributed by atoms with Gasteiger partial charge < -0.3 is 4.74 Å². The van der Waals surface area contributed by atoms with E-state index in [-0.39, 0.29) is 0 Å². The van der Waals surface area contributed by atoms with Crippen LogP contribution in [0.1, 0.15) is 33.1 Å². The Kier molecular flexibility index (Phi) is 1.52. The van der Waals surface area contributed by atoms with Crippen molar-refractivity contribution < 1.29 is 4.74 Å². The summed E-state index contributed by atoms with van der Waals surface area (Å²) in [6.07, 6.45) is 3.58. The van der Waals surface area contributed by atoms with E-state index in [1.807, 2.05) is 0 Å². The van der Waals surface area contributed by atoms with Gasteiger partial charge in [0.15, 0.2) is 0 Å². The summed E-state index contributed by atoms with van der Waals surface area (Å²) in [6, 6.07) is 0. The predicted molar refractivity (Wildman–Crippen MR) is 45.2 cm³/mol. The van der Waals surface area contributed by atoms with Gasteiger partial charge in [0.05, 0.1) is 6.61 Å². The maximum atomic E-state index is 5.56. The molecule has 0 aromatic heterocycles. The number of hydrogen-bond acceptors (Lipinski definition) is 1. The first-order valence-corrected chi connectivity index (χ1v) is 4.30. The SMILES string of the molecule is CC1=C2CCOC2=C(C)CC1. The Balaban J connectivity index is 2.45. The molecule has 2 aliphatic rings. The standard InChI is InChI=1S/C10H14O/c1-7-3-4-8(2)10-9(7)5-6-11-10/h3-6H2,1-2H3. The third kappa shape index (κ3) is 0.991. The number of fused-ring (bicyclic) bond motifs is 1. The summed E-state index contributed by atoms with van der Waals surface area (Å²) in [4.78, 5) is 0. The third-order valence-electron chi connectivity index (χ3n) is 2.65. The van der Waals surface area contributed by atoms with Crippen LogP contribution in [0.4, 0.5) is 0 Å². The van der Waals surface area contributed by atoms with Gasteiger partial charge in [-0.2, -0.15) is 0 Å². The van der Waals surface area contributed by atoms with Crippen LogP contribution in [-0.2, 0) is 4.74 Å². The molecule has 0 bridgehead atoms. The molecule has 1 heterocycles. The lowest BCUT2D eigenvalue weighted by Crippen LogP contribution is -1.98. The minimum Gasteiger partial charge on any atom is -0.493 e. The Hall–Kier alpha value is -0.720. The average molecular weight is 150 g/mol. The molecule has 1 nitrogen and oxygen atoms in total. The molecule has 0 unspecified atom stereocenters. The fourth-order valence-electron chi connectivity index (χ4n) is 1.88. The van der Waals surface area contributed by atoms with E-state index >= 15 is 0 Å². The average Bonchev–Trinajstić information content (AvgIpc) is 2.45. The quantitative estimate of drug-likeness (QED) is 0.516. The topological polar surface area (TPSA) is 9.23 Å². The Morgan fingerprint density at radius 1 is 1.00 bits per heavy atom. The van der Waals surface area contributed by atoms with Crippen LogP contribution in [0.2, 0.25) is 0 Å². The molecule has 1 saturated heterocycles. The Bertz CT molecular complexity index is 220. The molecule has 60 valence electrons. The lowest BCUT2D eigenvalue weighted by molar-refractivity contribution is 0.260. The zero-order valence-corrected chi connectivity index (χ0v) is 7.24. The summed E-state index contributed by atoms with van der Waals surface area (Å²) in [5.74, 6) is 1.22. The molecule has 0 aromatic rings. The van der Waals surface area contributed by atoms with E-state index in [1.165, 1.54) is 29.7 Å². The number of hydrogen-bond donors (Lipinski definition) is 0. The highest BCUT2D eigenvalue weighted by atomic mass is 16.5. The number of allylic oxidation sites excluding steroid dienone is 3. The summed E-state index contributed by atoms with van der Waals surface area (Å²) < 4.78 is 5.56. The monoisotopic (exact) mass is 150 g/mol. The van der Waals surface area contributed by atoms with Crippen molar-refractivity contribution in [3.63, 3.8) is 0 Å². The van der Waals surface area contributed by atoms with Crippen LogP contribution in [0.3, 0.4) is 0 Å². The Morgan fingerprint density at radius 2 is 1.73 bits per heavy atom. The van der Waals surface area contributed by atoms with Crippen LogP contribution in [-0.4, -0.2) is 6.61 Å². The molecule has 11 heavy (non-hydrogen) atoms. The van der Waals surface area contributed by atoms with Crippen molar-refractivity contribution in [3.8, 4) is 0 Å². The first-order valence-electron chi connectivity index (χ1n) is 4.30. The molecule has 1 aliphatic heterocycles. The second-order valence-electron chi connectivity index (χ2n) is 3.47. The van der Waals surface area contributed by atoms with Gasteiger partial charge in [-0.15, -0.1) is 0 Å². The van der Waals surface area contributed by atoms with Gasteiger partial charge in [0.2, 0.25) is 0 Å². The summed E-state index contributed by atoms with van der Waals surface area (Å²) >= 11 is 0. The molecule has 0 spiro atoms. The van der Waals surface area contributed by atoms with E-state index in [0.29, 0.717) is 0 Å². The fraction of sp³-hybridized carbons (Fsp3) is 0.600. The van der Waals surface area contributed by atoms with Crippen molar-refractivity contribution in [1.82, 2.24) is 0 Å². The molecule has 1 aliphatic carbocycles. The second kappa shape index (κ2) is 2.40. The zero-order chi connectivity index (χ0) is 7.84. The molecule has 1 heteroatoms. The van der Waals surface area contributed by atoms with Gasteiger partial charge in [-0.1, -0.05) is 5.57 Å². The van der Waals surface area contributed by atoms with Gasteiger partial charge in [-0.05, 0) is 37.8 Å². The largest absolute Gasteiger partial charge is 0.493 e. The smallest absolute Gasteiger partial charge is 0.121 e. The number of ether oxygens (including phenoxy) is 1. The lowest BCUT2D eigenvalue weighted by Gasteiger charge is -2.15. The molecule has 2 rings (SSSR count).